The largest absolute Gasteiger partial charge is 0.444 e. The van der Waals surface area contributed by atoms with Gasteiger partial charge in [0.05, 0.1) is 4.92 Å². The van der Waals surface area contributed by atoms with Crippen molar-refractivity contribution in [1.29, 1.82) is 0 Å². The summed E-state index contributed by atoms with van der Waals surface area (Å²) in [7, 11) is 0. The first kappa shape index (κ1) is 16.5. The van der Waals surface area contributed by atoms with E-state index in [1.165, 1.54) is 0 Å². The Balaban J connectivity index is 2.38. The Kier molecular flexibility index (Phi) is 5.98. The van der Waals surface area contributed by atoms with E-state index in [-0.39, 0.29) is 6.09 Å². The third-order valence-electron chi connectivity index (χ3n) is 3.14. The van der Waals surface area contributed by atoms with Crippen LogP contribution in [0, 0.1) is 16.0 Å². The summed E-state index contributed by atoms with van der Waals surface area (Å²) in [6.45, 7) is 6.98. The summed E-state index contributed by atoms with van der Waals surface area (Å²) in [6, 6.07) is 0. The van der Waals surface area contributed by atoms with Crippen LogP contribution in [0.25, 0.3) is 0 Å². The Bertz CT molecular complexity index is 374. The molecule has 1 atom stereocenters. The van der Waals surface area contributed by atoms with Gasteiger partial charge in [-0.05, 0) is 58.4 Å². The molecule has 1 rings (SSSR count). The molecule has 0 aromatic heterocycles. The first-order valence-corrected chi connectivity index (χ1v) is 7.06. The Morgan fingerprint density at radius 3 is 2.80 bits per heavy atom. The zero-order valence-electron chi connectivity index (χ0n) is 12.5. The molecule has 1 fully saturated rings. The highest BCUT2D eigenvalue weighted by Crippen LogP contribution is 2.22. The minimum absolute atomic E-state index is 0.261. The number of amides is 1. The van der Waals surface area contributed by atoms with Crippen molar-refractivity contribution in [2.75, 3.05) is 13.1 Å². The molecule has 1 aliphatic heterocycles. The second-order valence-corrected chi connectivity index (χ2v) is 6.18. The maximum atomic E-state index is 12.0. The Morgan fingerprint density at radius 1 is 1.50 bits per heavy atom. The molecular weight excluding hydrogens is 260 g/mol. The Labute approximate surface area is 119 Å². The molecule has 0 aliphatic carbocycles. The zero-order chi connectivity index (χ0) is 15.2. The van der Waals surface area contributed by atoms with Crippen LogP contribution in [0.3, 0.4) is 0 Å². The number of piperidine rings is 1. The molecule has 114 valence electrons. The number of likely N-dealkylation sites (tertiary alicyclic amines) is 1. The van der Waals surface area contributed by atoms with Crippen molar-refractivity contribution in [2.24, 2.45) is 5.92 Å². The van der Waals surface area contributed by atoms with Gasteiger partial charge >= 0.3 is 6.09 Å². The van der Waals surface area contributed by atoms with Crippen LogP contribution < -0.4 is 0 Å². The summed E-state index contributed by atoms with van der Waals surface area (Å²) in [6.07, 6.45) is 5.86. The molecule has 0 aromatic carbocycles. The van der Waals surface area contributed by atoms with Gasteiger partial charge in [-0.15, -0.1) is 0 Å². The minimum Gasteiger partial charge on any atom is -0.444 e. The fraction of sp³-hybridized carbons (Fsp3) is 0.786. The minimum atomic E-state index is -0.474. The molecular formula is C14H24N2O4. The molecule has 1 amide bonds. The predicted molar refractivity (Wildman–Crippen MR) is 75.9 cm³/mol. The van der Waals surface area contributed by atoms with Gasteiger partial charge in [0.15, 0.2) is 0 Å². The summed E-state index contributed by atoms with van der Waals surface area (Å²) in [5, 5.41) is 10.2. The third-order valence-corrected chi connectivity index (χ3v) is 3.14. The molecule has 0 N–H and O–H groups in total. The van der Waals surface area contributed by atoms with Crippen molar-refractivity contribution in [2.45, 2.75) is 52.1 Å². The van der Waals surface area contributed by atoms with Gasteiger partial charge in [0.25, 0.3) is 0 Å². The van der Waals surface area contributed by atoms with Crippen molar-refractivity contribution in [3.05, 3.63) is 22.4 Å². The first-order valence-electron chi connectivity index (χ1n) is 7.06. The number of hydrogen-bond acceptors (Lipinski definition) is 4. The molecule has 0 aromatic rings. The molecule has 1 aliphatic rings. The highest BCUT2D eigenvalue weighted by Gasteiger charge is 2.27. The summed E-state index contributed by atoms with van der Waals surface area (Å²) in [4.78, 5) is 23.4. The lowest BCUT2D eigenvalue weighted by Crippen LogP contribution is -2.42. The lowest BCUT2D eigenvalue weighted by atomic mass is 9.93. The Hall–Kier alpha value is -1.59. The highest BCUT2D eigenvalue weighted by molar-refractivity contribution is 5.68. The average Bonchev–Trinajstić information content (AvgIpc) is 2.33. The van der Waals surface area contributed by atoms with Crippen molar-refractivity contribution in [3.63, 3.8) is 0 Å². The maximum absolute atomic E-state index is 12.0. The molecule has 6 nitrogen and oxygen atoms in total. The summed E-state index contributed by atoms with van der Waals surface area (Å²) in [5.41, 5.74) is -0.474. The highest BCUT2D eigenvalue weighted by atomic mass is 16.6. The van der Waals surface area contributed by atoms with Gasteiger partial charge in [0, 0.05) is 13.1 Å². The van der Waals surface area contributed by atoms with Crippen LogP contribution in [0.1, 0.15) is 46.5 Å². The fourth-order valence-corrected chi connectivity index (χ4v) is 2.29. The lowest BCUT2D eigenvalue weighted by molar-refractivity contribution is -0.402. The zero-order valence-corrected chi connectivity index (χ0v) is 12.5. The van der Waals surface area contributed by atoms with Crippen molar-refractivity contribution >= 4 is 6.09 Å². The van der Waals surface area contributed by atoms with E-state index in [4.69, 9.17) is 4.74 Å². The molecule has 6 heteroatoms. The van der Waals surface area contributed by atoms with Crippen LogP contribution >= 0.6 is 0 Å². The number of ether oxygens (including phenoxy) is 1. The van der Waals surface area contributed by atoms with Gasteiger partial charge in [-0.25, -0.2) is 4.79 Å². The van der Waals surface area contributed by atoms with Gasteiger partial charge in [-0.2, -0.15) is 0 Å². The molecule has 0 radical (unpaired) electrons. The van der Waals surface area contributed by atoms with Gasteiger partial charge in [-0.3, -0.25) is 10.1 Å². The summed E-state index contributed by atoms with van der Waals surface area (Å²) in [5.74, 6) is 0.396. The number of hydrogen-bond donors (Lipinski definition) is 0. The monoisotopic (exact) mass is 284 g/mol. The molecule has 1 unspecified atom stereocenters. The lowest BCUT2D eigenvalue weighted by Gasteiger charge is -2.34. The van der Waals surface area contributed by atoms with Gasteiger partial charge in [0.1, 0.15) is 5.60 Å². The maximum Gasteiger partial charge on any atom is 0.410 e. The van der Waals surface area contributed by atoms with Crippen LogP contribution in [-0.4, -0.2) is 34.6 Å². The fourth-order valence-electron chi connectivity index (χ4n) is 2.29. The van der Waals surface area contributed by atoms with Gasteiger partial charge in [-0.1, -0.05) is 0 Å². The SMILES string of the molecule is CC(C)(C)OC(=O)N1CCCC(CC/C=C/[N+](=O)[O-])C1. The van der Waals surface area contributed by atoms with Crippen molar-refractivity contribution in [3.8, 4) is 0 Å². The quantitative estimate of drug-likeness (QED) is 0.587. The van der Waals surface area contributed by atoms with Crippen molar-refractivity contribution in [1.82, 2.24) is 4.90 Å². The van der Waals surface area contributed by atoms with Gasteiger partial charge < -0.3 is 9.64 Å². The van der Waals surface area contributed by atoms with Crippen LogP contribution in [0.4, 0.5) is 4.79 Å². The number of rotatable bonds is 4. The van der Waals surface area contributed by atoms with Crippen LogP contribution in [0.2, 0.25) is 0 Å². The molecule has 1 heterocycles. The first-order chi connectivity index (χ1) is 9.28. The van der Waals surface area contributed by atoms with Crippen LogP contribution in [0.5, 0.6) is 0 Å². The summed E-state index contributed by atoms with van der Waals surface area (Å²) < 4.78 is 5.37. The van der Waals surface area contributed by atoms with E-state index in [2.05, 4.69) is 0 Å². The predicted octanol–water partition coefficient (Wildman–Crippen LogP) is 3.20. The third kappa shape index (κ3) is 6.54. The van der Waals surface area contributed by atoms with E-state index >= 15 is 0 Å². The van der Waals surface area contributed by atoms with Crippen molar-refractivity contribution < 1.29 is 14.5 Å². The number of allylic oxidation sites excluding steroid dienone is 1. The summed E-state index contributed by atoms with van der Waals surface area (Å²) >= 11 is 0. The van der Waals surface area contributed by atoms with E-state index < -0.39 is 10.5 Å². The topological polar surface area (TPSA) is 72.7 Å². The standard InChI is InChI=1S/C14H24N2O4/c1-14(2,3)20-13(17)15-9-6-8-12(11-15)7-4-5-10-16(18)19/h5,10,12H,4,6-9,11H2,1-3H3/b10-5+. The van der Waals surface area contributed by atoms with Gasteiger partial charge in [0.2, 0.25) is 6.20 Å². The molecule has 0 saturated carbocycles. The number of carbonyl (C=O) groups is 1. The molecule has 20 heavy (non-hydrogen) atoms. The number of nitro groups is 1. The van der Waals surface area contributed by atoms with E-state index in [0.29, 0.717) is 18.9 Å². The average molecular weight is 284 g/mol. The van der Waals surface area contributed by atoms with E-state index in [1.807, 2.05) is 20.8 Å². The normalized spacial score (nSPS) is 20.1. The van der Waals surface area contributed by atoms with E-state index in [0.717, 1.165) is 32.0 Å². The number of nitrogens with zero attached hydrogens (tertiary/aromatic N) is 2. The molecule has 0 spiro atoms. The van der Waals surface area contributed by atoms with E-state index in [1.54, 1.807) is 11.0 Å². The van der Waals surface area contributed by atoms with E-state index in [9.17, 15) is 14.9 Å². The number of carbonyl (C=O) groups excluding carboxylic acids is 1. The smallest absolute Gasteiger partial charge is 0.410 e. The van der Waals surface area contributed by atoms with Crippen LogP contribution in [0.15, 0.2) is 12.3 Å². The molecule has 1 saturated heterocycles. The second kappa shape index (κ2) is 7.26. The molecule has 0 bridgehead atoms. The Morgan fingerprint density at radius 2 is 2.20 bits per heavy atom. The van der Waals surface area contributed by atoms with Crippen LogP contribution in [-0.2, 0) is 4.74 Å². The second-order valence-electron chi connectivity index (χ2n) is 6.18.